The average molecular weight is 278 g/mol. The maximum Gasteiger partial charge on any atom is 0.307 e. The molecule has 0 aromatic heterocycles. The second-order valence-electron chi connectivity index (χ2n) is 5.30. The van der Waals surface area contributed by atoms with Gasteiger partial charge in [-0.2, -0.15) is 0 Å². The van der Waals surface area contributed by atoms with Crippen molar-refractivity contribution < 1.29 is 19.4 Å². The highest BCUT2D eigenvalue weighted by Gasteiger charge is 2.22. The van der Waals surface area contributed by atoms with Gasteiger partial charge in [-0.3, -0.25) is 4.79 Å². The third-order valence-electron chi connectivity index (χ3n) is 3.85. The number of benzene rings is 1. The molecule has 110 valence electrons. The third kappa shape index (κ3) is 4.32. The number of hydrogen-bond acceptors (Lipinski definition) is 3. The summed E-state index contributed by atoms with van der Waals surface area (Å²) in [6, 6.07) is 7.58. The molecule has 1 aliphatic carbocycles. The van der Waals surface area contributed by atoms with Gasteiger partial charge in [-0.05, 0) is 36.8 Å². The smallest absolute Gasteiger partial charge is 0.307 e. The Morgan fingerprint density at radius 3 is 2.65 bits per heavy atom. The molecule has 0 amide bonds. The summed E-state index contributed by atoms with van der Waals surface area (Å²) >= 11 is 0. The van der Waals surface area contributed by atoms with E-state index in [1.807, 2.05) is 24.3 Å². The fourth-order valence-electron chi connectivity index (χ4n) is 2.71. The van der Waals surface area contributed by atoms with Crippen LogP contribution in [-0.4, -0.2) is 30.4 Å². The predicted octanol–water partition coefficient (Wildman–Crippen LogP) is 2.79. The maximum absolute atomic E-state index is 10.9. The van der Waals surface area contributed by atoms with Crippen molar-refractivity contribution in [2.75, 3.05) is 7.11 Å². The Hall–Kier alpha value is -1.39. The molecule has 1 N–H and O–H groups in total. The van der Waals surface area contributed by atoms with Crippen LogP contribution in [0, 0.1) is 0 Å². The number of carbonyl (C=O) groups is 1. The fraction of sp³-hybridized carbons (Fsp3) is 0.562. The van der Waals surface area contributed by atoms with Gasteiger partial charge in [-0.15, -0.1) is 0 Å². The van der Waals surface area contributed by atoms with Gasteiger partial charge in [-0.25, -0.2) is 0 Å². The second-order valence-corrected chi connectivity index (χ2v) is 5.30. The van der Waals surface area contributed by atoms with Gasteiger partial charge in [0.15, 0.2) is 0 Å². The lowest BCUT2D eigenvalue weighted by Gasteiger charge is -2.28. The van der Waals surface area contributed by atoms with E-state index in [0.29, 0.717) is 12.7 Å². The molecular weight excluding hydrogens is 256 g/mol. The van der Waals surface area contributed by atoms with Crippen LogP contribution in [0.5, 0.6) is 0 Å². The van der Waals surface area contributed by atoms with E-state index >= 15 is 0 Å². The molecule has 0 saturated heterocycles. The number of carboxylic acid groups (broad SMARTS) is 1. The molecule has 0 radical (unpaired) electrons. The first-order chi connectivity index (χ1) is 9.69. The molecule has 4 heteroatoms. The first-order valence-electron chi connectivity index (χ1n) is 7.12. The van der Waals surface area contributed by atoms with E-state index < -0.39 is 5.97 Å². The highest BCUT2D eigenvalue weighted by atomic mass is 16.5. The Balaban J connectivity index is 1.91. The van der Waals surface area contributed by atoms with Gasteiger partial charge >= 0.3 is 5.97 Å². The maximum atomic E-state index is 10.9. The lowest BCUT2D eigenvalue weighted by molar-refractivity contribution is -0.136. The highest BCUT2D eigenvalue weighted by molar-refractivity contribution is 5.70. The average Bonchev–Trinajstić information content (AvgIpc) is 2.46. The van der Waals surface area contributed by atoms with Crippen LogP contribution in [-0.2, 0) is 27.3 Å². The zero-order valence-electron chi connectivity index (χ0n) is 11.9. The van der Waals surface area contributed by atoms with Gasteiger partial charge in [-0.1, -0.05) is 24.3 Å². The normalized spacial score (nSPS) is 22.6. The molecule has 2 rings (SSSR count). The van der Waals surface area contributed by atoms with Gasteiger partial charge in [0, 0.05) is 7.11 Å². The van der Waals surface area contributed by atoms with E-state index in [2.05, 4.69) is 0 Å². The number of ether oxygens (including phenoxy) is 2. The summed E-state index contributed by atoms with van der Waals surface area (Å²) in [6.07, 6.45) is 4.77. The topological polar surface area (TPSA) is 55.8 Å². The van der Waals surface area contributed by atoms with Gasteiger partial charge in [0.05, 0.1) is 25.2 Å². The molecule has 2 atom stereocenters. The van der Waals surface area contributed by atoms with Crippen molar-refractivity contribution in [1.29, 1.82) is 0 Å². The molecule has 1 saturated carbocycles. The summed E-state index contributed by atoms with van der Waals surface area (Å²) in [4.78, 5) is 10.9. The third-order valence-corrected chi connectivity index (χ3v) is 3.85. The van der Waals surface area contributed by atoms with Crippen LogP contribution in [0.4, 0.5) is 0 Å². The molecule has 0 heterocycles. The molecular formula is C16H22O4. The highest BCUT2D eigenvalue weighted by Crippen LogP contribution is 2.24. The van der Waals surface area contributed by atoms with Crippen molar-refractivity contribution in [3.8, 4) is 0 Å². The molecule has 0 spiro atoms. The Kier molecular flexibility index (Phi) is 5.56. The van der Waals surface area contributed by atoms with Crippen molar-refractivity contribution in [3.05, 3.63) is 35.4 Å². The minimum absolute atomic E-state index is 0.0465. The number of carboxylic acids is 1. The summed E-state index contributed by atoms with van der Waals surface area (Å²) < 4.78 is 11.3. The van der Waals surface area contributed by atoms with Crippen molar-refractivity contribution in [2.24, 2.45) is 0 Å². The SMILES string of the molecule is COC1CCCC(OCc2ccccc2CC(=O)O)C1. The Morgan fingerprint density at radius 2 is 1.95 bits per heavy atom. The van der Waals surface area contributed by atoms with Crippen LogP contribution in [0.2, 0.25) is 0 Å². The summed E-state index contributed by atoms with van der Waals surface area (Å²) in [5.74, 6) is -0.811. The van der Waals surface area contributed by atoms with E-state index in [0.717, 1.165) is 36.8 Å². The number of rotatable bonds is 6. The van der Waals surface area contributed by atoms with Crippen LogP contribution in [0.15, 0.2) is 24.3 Å². The molecule has 2 unspecified atom stereocenters. The minimum Gasteiger partial charge on any atom is -0.481 e. The minimum atomic E-state index is -0.811. The van der Waals surface area contributed by atoms with Gasteiger partial charge < -0.3 is 14.6 Å². The van der Waals surface area contributed by atoms with E-state index in [1.165, 1.54) is 0 Å². The molecule has 1 aliphatic rings. The molecule has 0 bridgehead atoms. The van der Waals surface area contributed by atoms with E-state index in [-0.39, 0.29) is 12.5 Å². The zero-order chi connectivity index (χ0) is 14.4. The lowest BCUT2D eigenvalue weighted by atomic mass is 9.95. The molecule has 4 nitrogen and oxygen atoms in total. The fourth-order valence-corrected chi connectivity index (χ4v) is 2.71. The number of aliphatic carboxylic acids is 1. The van der Waals surface area contributed by atoms with Gasteiger partial charge in [0.1, 0.15) is 0 Å². The van der Waals surface area contributed by atoms with Crippen molar-refractivity contribution in [3.63, 3.8) is 0 Å². The van der Waals surface area contributed by atoms with Gasteiger partial charge in [0.2, 0.25) is 0 Å². The van der Waals surface area contributed by atoms with E-state index in [9.17, 15) is 4.79 Å². The second kappa shape index (κ2) is 7.41. The predicted molar refractivity (Wildman–Crippen MR) is 75.6 cm³/mol. The Labute approximate surface area is 119 Å². The molecule has 1 fully saturated rings. The van der Waals surface area contributed by atoms with E-state index in [4.69, 9.17) is 14.6 Å². The van der Waals surface area contributed by atoms with Crippen LogP contribution in [0.25, 0.3) is 0 Å². The molecule has 1 aromatic carbocycles. The van der Waals surface area contributed by atoms with Crippen molar-refractivity contribution >= 4 is 5.97 Å². The Morgan fingerprint density at radius 1 is 1.25 bits per heavy atom. The first kappa shape index (κ1) is 15.0. The Bertz CT molecular complexity index is 444. The first-order valence-corrected chi connectivity index (χ1v) is 7.12. The monoisotopic (exact) mass is 278 g/mol. The quantitative estimate of drug-likeness (QED) is 0.869. The van der Waals surface area contributed by atoms with Crippen LogP contribution in [0.1, 0.15) is 36.8 Å². The lowest BCUT2D eigenvalue weighted by Crippen LogP contribution is -2.27. The van der Waals surface area contributed by atoms with Crippen molar-refractivity contribution in [1.82, 2.24) is 0 Å². The summed E-state index contributed by atoms with van der Waals surface area (Å²) in [7, 11) is 1.75. The molecule has 1 aromatic rings. The number of methoxy groups -OCH3 is 1. The molecule has 20 heavy (non-hydrogen) atoms. The summed E-state index contributed by atoms with van der Waals surface area (Å²) in [5, 5.41) is 8.92. The zero-order valence-corrected chi connectivity index (χ0v) is 11.9. The largest absolute Gasteiger partial charge is 0.481 e. The van der Waals surface area contributed by atoms with Crippen LogP contribution >= 0.6 is 0 Å². The standard InChI is InChI=1S/C16H22O4/c1-19-14-7-4-8-15(10-14)20-11-13-6-3-2-5-12(13)9-16(17)18/h2-3,5-6,14-15H,4,7-11H2,1H3,(H,17,18). The molecule has 0 aliphatic heterocycles. The summed E-state index contributed by atoms with van der Waals surface area (Å²) in [5.41, 5.74) is 1.80. The van der Waals surface area contributed by atoms with Crippen LogP contribution < -0.4 is 0 Å². The van der Waals surface area contributed by atoms with Crippen molar-refractivity contribution in [2.45, 2.75) is 50.9 Å². The van der Waals surface area contributed by atoms with Crippen LogP contribution in [0.3, 0.4) is 0 Å². The number of hydrogen-bond donors (Lipinski definition) is 1. The van der Waals surface area contributed by atoms with Gasteiger partial charge in [0.25, 0.3) is 0 Å². The summed E-state index contributed by atoms with van der Waals surface area (Å²) in [6.45, 7) is 0.477. The van der Waals surface area contributed by atoms with E-state index in [1.54, 1.807) is 7.11 Å².